The molecule has 120 valence electrons. The molecule has 7 heteroatoms. The Hall–Kier alpha value is -2.57. The molecule has 3 rings (SSSR count). The van der Waals surface area contributed by atoms with Gasteiger partial charge in [-0.3, -0.25) is 4.98 Å². The molecule has 2 atom stereocenters. The second kappa shape index (κ2) is 5.57. The Morgan fingerprint density at radius 3 is 2.65 bits per heavy atom. The highest BCUT2D eigenvalue weighted by Gasteiger charge is 2.38. The maximum atomic E-state index is 12.7. The van der Waals surface area contributed by atoms with Crippen molar-refractivity contribution in [3.8, 4) is 11.3 Å². The van der Waals surface area contributed by atoms with Crippen LogP contribution in [0.15, 0.2) is 42.6 Å². The van der Waals surface area contributed by atoms with Crippen molar-refractivity contribution in [1.29, 1.82) is 0 Å². The Morgan fingerprint density at radius 1 is 1.26 bits per heavy atom. The third-order valence-corrected chi connectivity index (χ3v) is 3.79. The van der Waals surface area contributed by atoms with E-state index in [0.29, 0.717) is 17.7 Å². The predicted molar refractivity (Wildman–Crippen MR) is 74.4 cm³/mol. The molecule has 1 aliphatic rings. The van der Waals surface area contributed by atoms with E-state index in [1.165, 1.54) is 6.07 Å². The van der Waals surface area contributed by atoms with E-state index in [1.807, 2.05) is 0 Å². The third-order valence-electron chi connectivity index (χ3n) is 3.79. The smallest absolute Gasteiger partial charge is 0.416 e. The van der Waals surface area contributed by atoms with Gasteiger partial charge in [0.05, 0.1) is 11.3 Å². The zero-order valence-electron chi connectivity index (χ0n) is 11.8. The first kappa shape index (κ1) is 15.3. The summed E-state index contributed by atoms with van der Waals surface area (Å²) in [7, 11) is 0. The number of nitrogens with zero attached hydrogens (tertiary/aromatic N) is 1. The minimum absolute atomic E-state index is 0.0379. The fourth-order valence-electron chi connectivity index (χ4n) is 2.52. The molecule has 0 aliphatic heterocycles. The van der Waals surface area contributed by atoms with Crippen LogP contribution in [0.25, 0.3) is 11.3 Å². The lowest BCUT2D eigenvalue weighted by Crippen LogP contribution is -2.38. The largest absolute Gasteiger partial charge is 0.530 e. The number of carboxylic acid groups (broad SMARTS) is 1. The van der Waals surface area contributed by atoms with Crippen molar-refractivity contribution in [3.63, 3.8) is 0 Å². The molecule has 2 aromatic rings. The predicted octanol–water partition coefficient (Wildman–Crippen LogP) is 2.56. The molecule has 4 nitrogen and oxygen atoms in total. The summed E-state index contributed by atoms with van der Waals surface area (Å²) in [6, 6.07) is 8.19. The van der Waals surface area contributed by atoms with Crippen molar-refractivity contribution < 1.29 is 23.1 Å². The molecule has 1 fully saturated rings. The maximum Gasteiger partial charge on any atom is 0.416 e. The molecule has 0 bridgehead atoms. The number of halogens is 3. The van der Waals surface area contributed by atoms with Gasteiger partial charge in [0, 0.05) is 23.7 Å². The SMILES string of the molecule is O=C([O-])N[C@@H]1C[C@H]1c1ccc(-c2cccc(C(F)(F)F)c2)nc1. The van der Waals surface area contributed by atoms with Crippen LogP contribution >= 0.6 is 0 Å². The van der Waals surface area contributed by atoms with E-state index in [1.54, 1.807) is 24.4 Å². The fourth-order valence-corrected chi connectivity index (χ4v) is 2.52. The van der Waals surface area contributed by atoms with Crippen LogP contribution in [0.1, 0.15) is 23.5 Å². The van der Waals surface area contributed by atoms with Crippen LogP contribution in [0.3, 0.4) is 0 Å². The molecule has 0 unspecified atom stereocenters. The molecule has 0 spiro atoms. The van der Waals surface area contributed by atoms with Gasteiger partial charge in [0.25, 0.3) is 0 Å². The van der Waals surface area contributed by atoms with Gasteiger partial charge in [-0.2, -0.15) is 13.2 Å². The Labute approximate surface area is 130 Å². The molecule has 1 saturated carbocycles. The van der Waals surface area contributed by atoms with Gasteiger partial charge in [-0.25, -0.2) is 0 Å². The average molecular weight is 321 g/mol. The summed E-state index contributed by atoms with van der Waals surface area (Å²) < 4.78 is 38.2. The number of benzene rings is 1. The summed E-state index contributed by atoms with van der Waals surface area (Å²) in [5.41, 5.74) is 0.942. The third kappa shape index (κ3) is 3.44. The second-order valence-corrected chi connectivity index (χ2v) is 5.44. The van der Waals surface area contributed by atoms with Gasteiger partial charge >= 0.3 is 6.18 Å². The Kier molecular flexibility index (Phi) is 3.71. The molecule has 0 radical (unpaired) electrons. The van der Waals surface area contributed by atoms with E-state index in [9.17, 15) is 23.1 Å². The number of hydrogen-bond donors (Lipinski definition) is 1. The first-order chi connectivity index (χ1) is 10.8. The Bertz CT molecular complexity index is 729. The van der Waals surface area contributed by atoms with Crippen molar-refractivity contribution >= 4 is 6.09 Å². The van der Waals surface area contributed by atoms with Crippen molar-refractivity contribution in [2.75, 3.05) is 0 Å². The van der Waals surface area contributed by atoms with Gasteiger partial charge in [0.15, 0.2) is 0 Å². The molecular formula is C16H12F3N2O2-. The average Bonchev–Trinajstić information content (AvgIpc) is 3.25. The zero-order valence-corrected chi connectivity index (χ0v) is 11.8. The molecule has 23 heavy (non-hydrogen) atoms. The number of rotatable bonds is 3. The van der Waals surface area contributed by atoms with Crippen molar-refractivity contribution in [2.24, 2.45) is 0 Å². The quantitative estimate of drug-likeness (QED) is 0.945. The summed E-state index contributed by atoms with van der Waals surface area (Å²) in [4.78, 5) is 14.6. The first-order valence-electron chi connectivity index (χ1n) is 6.95. The molecule has 1 N–H and O–H groups in total. The van der Waals surface area contributed by atoms with Crippen LogP contribution in [-0.4, -0.2) is 17.1 Å². The number of hydrogen-bond acceptors (Lipinski definition) is 3. The highest BCUT2D eigenvalue weighted by molar-refractivity contribution is 5.64. The van der Waals surface area contributed by atoms with Crippen molar-refractivity contribution in [2.45, 2.75) is 24.6 Å². The van der Waals surface area contributed by atoms with Gasteiger partial charge in [0.2, 0.25) is 0 Å². The second-order valence-electron chi connectivity index (χ2n) is 5.44. The van der Waals surface area contributed by atoms with E-state index in [2.05, 4.69) is 10.3 Å². The van der Waals surface area contributed by atoms with Gasteiger partial charge in [-0.05, 0) is 30.2 Å². The minimum Gasteiger partial charge on any atom is -0.530 e. The fraction of sp³-hybridized carbons (Fsp3) is 0.250. The van der Waals surface area contributed by atoms with Crippen molar-refractivity contribution in [3.05, 3.63) is 53.7 Å². The number of amides is 1. The lowest BCUT2D eigenvalue weighted by atomic mass is 10.1. The highest BCUT2D eigenvalue weighted by atomic mass is 19.4. The number of alkyl halides is 3. The standard InChI is InChI=1S/C16H13F3N2O2/c17-16(18,19)11-3-1-2-9(6-11)13-5-4-10(8-20-13)12-7-14(12)21-15(22)23/h1-6,8,12,14,21H,7H2,(H,22,23)/p-1/t12-,14+/m0/s1. The van der Waals surface area contributed by atoms with Gasteiger partial charge < -0.3 is 15.2 Å². The summed E-state index contributed by atoms with van der Waals surface area (Å²) >= 11 is 0. The van der Waals surface area contributed by atoms with Gasteiger partial charge in [-0.15, -0.1) is 0 Å². The molecule has 0 saturated heterocycles. The van der Waals surface area contributed by atoms with E-state index in [4.69, 9.17) is 0 Å². The maximum absolute atomic E-state index is 12.7. The lowest BCUT2D eigenvalue weighted by molar-refractivity contribution is -0.251. The lowest BCUT2D eigenvalue weighted by Gasteiger charge is -2.09. The van der Waals surface area contributed by atoms with Gasteiger partial charge in [0.1, 0.15) is 6.09 Å². The molecule has 1 aromatic heterocycles. The normalized spacial score (nSPS) is 20.1. The first-order valence-corrected chi connectivity index (χ1v) is 6.95. The number of pyridine rings is 1. The number of carbonyl (C=O) groups is 1. The number of aromatic nitrogens is 1. The van der Waals surface area contributed by atoms with E-state index in [-0.39, 0.29) is 12.0 Å². The van der Waals surface area contributed by atoms with E-state index < -0.39 is 17.8 Å². The van der Waals surface area contributed by atoms with Crippen LogP contribution < -0.4 is 10.4 Å². The summed E-state index contributed by atoms with van der Waals surface area (Å²) in [5.74, 6) is 0.0379. The Morgan fingerprint density at radius 2 is 2.04 bits per heavy atom. The Balaban J connectivity index is 1.77. The van der Waals surface area contributed by atoms with Gasteiger partial charge in [-0.1, -0.05) is 18.2 Å². The monoisotopic (exact) mass is 321 g/mol. The molecule has 1 heterocycles. The number of carbonyl (C=O) groups excluding carboxylic acids is 1. The molecule has 1 aliphatic carbocycles. The van der Waals surface area contributed by atoms with E-state index >= 15 is 0 Å². The van der Waals surface area contributed by atoms with Crippen LogP contribution in [0, 0.1) is 0 Å². The van der Waals surface area contributed by atoms with Crippen LogP contribution in [0.2, 0.25) is 0 Å². The number of nitrogens with one attached hydrogen (secondary N) is 1. The molecular weight excluding hydrogens is 309 g/mol. The molecule has 1 aromatic carbocycles. The van der Waals surface area contributed by atoms with Crippen LogP contribution in [0.4, 0.5) is 18.0 Å². The van der Waals surface area contributed by atoms with Crippen LogP contribution in [0.5, 0.6) is 0 Å². The summed E-state index contributed by atoms with van der Waals surface area (Å²) in [6.07, 6.45) is -3.48. The summed E-state index contributed by atoms with van der Waals surface area (Å²) in [6.45, 7) is 0. The summed E-state index contributed by atoms with van der Waals surface area (Å²) in [5, 5.41) is 12.7. The topological polar surface area (TPSA) is 65.0 Å². The highest BCUT2D eigenvalue weighted by Crippen LogP contribution is 2.40. The minimum atomic E-state index is -4.40. The molecule has 1 amide bonds. The van der Waals surface area contributed by atoms with Crippen molar-refractivity contribution in [1.82, 2.24) is 10.3 Å². The van der Waals surface area contributed by atoms with Crippen LogP contribution in [-0.2, 0) is 6.18 Å². The van der Waals surface area contributed by atoms with E-state index in [0.717, 1.165) is 17.7 Å². The zero-order chi connectivity index (χ0) is 16.6.